The van der Waals surface area contributed by atoms with E-state index in [9.17, 15) is 9.59 Å². The molecule has 2 amide bonds. The van der Waals surface area contributed by atoms with Gasteiger partial charge in [0.15, 0.2) is 4.87 Å². The van der Waals surface area contributed by atoms with E-state index in [1.54, 1.807) is 16.7 Å². The van der Waals surface area contributed by atoms with Crippen molar-refractivity contribution in [2.24, 2.45) is 17.8 Å². The van der Waals surface area contributed by atoms with Crippen LogP contribution in [0.15, 0.2) is 29.2 Å². The van der Waals surface area contributed by atoms with Crippen LogP contribution in [0.5, 0.6) is 0 Å². The monoisotopic (exact) mass is 356 g/mol. The molecule has 2 saturated carbocycles. The highest BCUT2D eigenvalue weighted by molar-refractivity contribution is 8.02. The first kappa shape index (κ1) is 15.7. The predicted molar refractivity (Wildman–Crippen MR) is 98.3 cm³/mol. The van der Waals surface area contributed by atoms with Crippen molar-refractivity contribution in [3.05, 3.63) is 24.3 Å². The molecule has 0 radical (unpaired) electrons. The van der Waals surface area contributed by atoms with Crippen LogP contribution < -0.4 is 10.2 Å². The van der Waals surface area contributed by atoms with Crippen molar-refractivity contribution in [2.45, 2.75) is 61.3 Å². The molecular formula is C20H24N2O2S. The molecule has 1 aromatic carbocycles. The number of para-hydroxylation sites is 1. The van der Waals surface area contributed by atoms with Gasteiger partial charge in [0.25, 0.3) is 5.91 Å². The number of hydrogen-bond donors (Lipinski definition) is 1. The Labute approximate surface area is 152 Å². The summed E-state index contributed by atoms with van der Waals surface area (Å²) in [6.07, 6.45) is 6.36. The van der Waals surface area contributed by atoms with Gasteiger partial charge in [0.2, 0.25) is 5.91 Å². The van der Waals surface area contributed by atoms with Crippen LogP contribution >= 0.6 is 11.8 Å². The van der Waals surface area contributed by atoms with E-state index < -0.39 is 4.87 Å². The van der Waals surface area contributed by atoms with E-state index in [0.29, 0.717) is 18.8 Å². The van der Waals surface area contributed by atoms with Gasteiger partial charge in [-0.2, -0.15) is 0 Å². The number of amides is 2. The fourth-order valence-corrected chi connectivity index (χ4v) is 7.05. The molecule has 2 heterocycles. The van der Waals surface area contributed by atoms with Gasteiger partial charge in [-0.15, -0.1) is 0 Å². The second-order valence-corrected chi connectivity index (χ2v) is 9.50. The van der Waals surface area contributed by atoms with Crippen molar-refractivity contribution in [1.82, 2.24) is 5.32 Å². The summed E-state index contributed by atoms with van der Waals surface area (Å²) < 4.78 is 0. The first-order chi connectivity index (χ1) is 12.1. The topological polar surface area (TPSA) is 49.4 Å². The largest absolute Gasteiger partial charge is 0.351 e. The summed E-state index contributed by atoms with van der Waals surface area (Å²) in [4.78, 5) is 27.8. The Morgan fingerprint density at radius 1 is 1.32 bits per heavy atom. The summed E-state index contributed by atoms with van der Waals surface area (Å²) in [7, 11) is 0. The lowest BCUT2D eigenvalue weighted by atomic mass is 9.84. The second-order valence-electron chi connectivity index (χ2n) is 8.18. The first-order valence-electron chi connectivity index (χ1n) is 9.50. The molecule has 0 aromatic heterocycles. The lowest BCUT2D eigenvalue weighted by Crippen LogP contribution is -2.55. The van der Waals surface area contributed by atoms with Crippen molar-refractivity contribution in [1.29, 1.82) is 0 Å². The van der Waals surface area contributed by atoms with Crippen LogP contribution in [0.4, 0.5) is 5.69 Å². The summed E-state index contributed by atoms with van der Waals surface area (Å²) in [5.74, 6) is 2.36. The van der Waals surface area contributed by atoms with Crippen molar-refractivity contribution in [3.63, 3.8) is 0 Å². The highest BCUT2D eigenvalue weighted by Crippen LogP contribution is 2.56. The summed E-state index contributed by atoms with van der Waals surface area (Å²) in [6, 6.07) is 8.08. The average molecular weight is 356 g/mol. The number of nitrogens with zero attached hydrogens (tertiary/aromatic N) is 1. The van der Waals surface area contributed by atoms with Gasteiger partial charge >= 0.3 is 0 Å². The number of thioether (sulfide) groups is 1. The standard InChI is InChI=1S/C20H24N2O2S/c1-12(15-11-13-6-7-14(15)10-13)21-19(24)20-9-8-18(23)22(20)16-4-2-3-5-17(16)25-20/h2-5,12-15H,6-11H2,1H3,(H,21,24)/t12-,13-,14-,15+,20+/m0/s1. The molecule has 132 valence electrons. The maximum atomic E-state index is 13.3. The molecule has 1 N–H and O–H groups in total. The number of carbonyl (C=O) groups is 2. The Morgan fingerprint density at radius 2 is 2.16 bits per heavy atom. The molecule has 1 aromatic rings. The summed E-state index contributed by atoms with van der Waals surface area (Å²) in [5, 5.41) is 3.31. The molecule has 3 fully saturated rings. The highest BCUT2D eigenvalue weighted by atomic mass is 32.2. The third-order valence-electron chi connectivity index (χ3n) is 6.82. The van der Waals surface area contributed by atoms with Crippen molar-refractivity contribution >= 4 is 29.3 Å². The van der Waals surface area contributed by atoms with Gasteiger partial charge in [-0.05, 0) is 62.5 Å². The number of carbonyl (C=O) groups excluding carboxylic acids is 2. The van der Waals surface area contributed by atoms with E-state index in [2.05, 4.69) is 12.2 Å². The predicted octanol–water partition coefficient (Wildman–Crippen LogP) is 3.56. The molecule has 0 spiro atoms. The molecule has 0 unspecified atom stereocenters. The number of nitrogens with one attached hydrogen (secondary N) is 1. The summed E-state index contributed by atoms with van der Waals surface area (Å²) >= 11 is 1.56. The number of fused-ring (bicyclic) bond motifs is 5. The number of rotatable bonds is 3. The van der Waals surface area contributed by atoms with Gasteiger partial charge in [-0.1, -0.05) is 30.3 Å². The average Bonchev–Trinajstić information content (AvgIpc) is 3.35. The molecular weight excluding hydrogens is 332 g/mol. The van der Waals surface area contributed by atoms with E-state index in [4.69, 9.17) is 0 Å². The second kappa shape index (κ2) is 5.50. The molecule has 4 nitrogen and oxygen atoms in total. The van der Waals surface area contributed by atoms with Gasteiger partial charge < -0.3 is 5.32 Å². The Kier molecular flexibility index (Phi) is 3.46. The first-order valence-corrected chi connectivity index (χ1v) is 10.3. The lowest BCUT2D eigenvalue weighted by Gasteiger charge is -2.34. The molecule has 5 rings (SSSR count). The number of anilines is 1. The Balaban J connectivity index is 1.39. The fourth-order valence-electron chi connectivity index (χ4n) is 5.63. The molecule has 2 bridgehead atoms. The summed E-state index contributed by atoms with van der Waals surface area (Å²) in [6.45, 7) is 2.16. The van der Waals surface area contributed by atoms with Gasteiger partial charge in [0.05, 0.1) is 5.69 Å². The quantitative estimate of drug-likeness (QED) is 0.901. The molecule has 1 saturated heterocycles. The normalized spacial score (nSPS) is 36.4. The van der Waals surface area contributed by atoms with Crippen LogP contribution in [0.1, 0.15) is 45.4 Å². The van der Waals surface area contributed by atoms with E-state index in [-0.39, 0.29) is 17.9 Å². The zero-order valence-electron chi connectivity index (χ0n) is 14.5. The van der Waals surface area contributed by atoms with Gasteiger partial charge in [0, 0.05) is 17.4 Å². The Hall–Kier alpha value is -1.49. The lowest BCUT2D eigenvalue weighted by molar-refractivity contribution is -0.125. The van der Waals surface area contributed by atoms with E-state index in [0.717, 1.165) is 22.4 Å². The smallest absolute Gasteiger partial charge is 0.257 e. The number of hydrogen-bond acceptors (Lipinski definition) is 3. The zero-order chi connectivity index (χ0) is 17.2. The van der Waals surface area contributed by atoms with Crippen molar-refractivity contribution in [3.8, 4) is 0 Å². The molecule has 5 heteroatoms. The Morgan fingerprint density at radius 3 is 2.92 bits per heavy atom. The van der Waals surface area contributed by atoms with E-state index in [1.807, 2.05) is 24.3 Å². The van der Waals surface area contributed by atoms with Crippen LogP contribution in [-0.4, -0.2) is 22.7 Å². The third kappa shape index (κ3) is 2.21. The van der Waals surface area contributed by atoms with Crippen LogP contribution in [0, 0.1) is 17.8 Å². The minimum atomic E-state index is -0.771. The van der Waals surface area contributed by atoms with Gasteiger partial charge in [-0.25, -0.2) is 0 Å². The molecule has 5 atom stereocenters. The SMILES string of the molecule is C[C@H](NC(=O)[C@]12CCC(=O)N1c1ccccc1S2)[C@H]1C[C@H]2CC[C@H]1C2. The minimum Gasteiger partial charge on any atom is -0.351 e. The van der Waals surface area contributed by atoms with Gasteiger partial charge in [0.1, 0.15) is 0 Å². The summed E-state index contributed by atoms with van der Waals surface area (Å²) in [5.41, 5.74) is 0.901. The molecule has 2 aliphatic heterocycles. The van der Waals surface area contributed by atoms with E-state index >= 15 is 0 Å². The van der Waals surface area contributed by atoms with Crippen LogP contribution in [-0.2, 0) is 9.59 Å². The molecule has 2 aliphatic carbocycles. The van der Waals surface area contributed by atoms with Crippen LogP contribution in [0.3, 0.4) is 0 Å². The zero-order valence-corrected chi connectivity index (χ0v) is 15.3. The van der Waals surface area contributed by atoms with Crippen molar-refractivity contribution < 1.29 is 9.59 Å². The van der Waals surface area contributed by atoms with Gasteiger partial charge in [-0.3, -0.25) is 14.5 Å². The maximum Gasteiger partial charge on any atom is 0.257 e. The highest BCUT2D eigenvalue weighted by Gasteiger charge is 2.57. The fraction of sp³-hybridized carbons (Fsp3) is 0.600. The molecule has 25 heavy (non-hydrogen) atoms. The Bertz CT molecular complexity index is 751. The minimum absolute atomic E-state index is 0.0230. The maximum absolute atomic E-state index is 13.3. The third-order valence-corrected chi connectivity index (χ3v) is 8.30. The van der Waals surface area contributed by atoms with Crippen LogP contribution in [0.25, 0.3) is 0 Å². The number of benzene rings is 1. The van der Waals surface area contributed by atoms with Crippen molar-refractivity contribution in [2.75, 3.05) is 4.90 Å². The van der Waals surface area contributed by atoms with Crippen LogP contribution in [0.2, 0.25) is 0 Å². The van der Waals surface area contributed by atoms with E-state index in [1.165, 1.54) is 25.7 Å². The molecule has 4 aliphatic rings.